The van der Waals surface area contributed by atoms with Gasteiger partial charge in [-0.25, -0.2) is 0 Å². The summed E-state index contributed by atoms with van der Waals surface area (Å²) in [6.45, 7) is 11.4. The number of hydrogen-bond donors (Lipinski definition) is 1. The van der Waals surface area contributed by atoms with Crippen molar-refractivity contribution in [2.75, 3.05) is 32.1 Å². The average molecular weight is 256 g/mol. The third-order valence-electron chi connectivity index (χ3n) is 2.42. The summed E-state index contributed by atoms with van der Waals surface area (Å²) in [7, 11) is 3.74. The molecule has 0 heterocycles. The van der Waals surface area contributed by atoms with Crippen molar-refractivity contribution in [2.24, 2.45) is 0 Å². The van der Waals surface area contributed by atoms with E-state index >= 15 is 0 Å². The summed E-state index contributed by atoms with van der Waals surface area (Å²) in [6.07, 6.45) is 0.964. The maximum absolute atomic E-state index is 11.2. The Morgan fingerprint density at radius 2 is 1.56 bits per heavy atom. The monoisotopic (exact) mass is 256 g/mol. The Morgan fingerprint density at radius 1 is 1.06 bits per heavy atom. The standard InChI is InChI=1S/C10H16N2O2.2C2H6/c1-7-8(10(14)9(7)13)12(3)6-4-5-11-2;2*1-2/h11H,4-6H2,1-3H3;2*1-2H3. The summed E-state index contributed by atoms with van der Waals surface area (Å²) in [6, 6.07) is 0. The van der Waals surface area contributed by atoms with E-state index in [4.69, 9.17) is 0 Å². The van der Waals surface area contributed by atoms with Gasteiger partial charge in [-0.15, -0.1) is 0 Å². The van der Waals surface area contributed by atoms with Crippen molar-refractivity contribution in [2.45, 2.75) is 41.0 Å². The van der Waals surface area contributed by atoms with Gasteiger partial charge in [-0.3, -0.25) is 9.59 Å². The first kappa shape index (κ1) is 19.2. The first-order valence-electron chi connectivity index (χ1n) is 6.75. The van der Waals surface area contributed by atoms with Crippen LogP contribution in [0.3, 0.4) is 0 Å². The second-order valence-electron chi connectivity index (χ2n) is 3.51. The molecular weight excluding hydrogens is 228 g/mol. The smallest absolute Gasteiger partial charge is 0.249 e. The fraction of sp³-hybridized carbons (Fsp3) is 0.714. The van der Waals surface area contributed by atoms with Crippen molar-refractivity contribution in [1.29, 1.82) is 0 Å². The SMILES string of the molecule is CC.CC.CNCCCN(C)c1c(C)c(=O)c1=O. The van der Waals surface area contributed by atoms with Crippen LogP contribution in [0.5, 0.6) is 0 Å². The minimum absolute atomic E-state index is 0.333. The van der Waals surface area contributed by atoms with Gasteiger partial charge in [0.05, 0.1) is 5.69 Å². The van der Waals surface area contributed by atoms with Crippen LogP contribution in [0.15, 0.2) is 9.59 Å². The second kappa shape index (κ2) is 11.0. The molecule has 0 bridgehead atoms. The highest BCUT2D eigenvalue weighted by Gasteiger charge is 2.19. The summed E-state index contributed by atoms with van der Waals surface area (Å²) in [5, 5.41) is 3.03. The minimum Gasteiger partial charge on any atom is -0.371 e. The average Bonchev–Trinajstić information content (AvgIpc) is 2.43. The summed E-state index contributed by atoms with van der Waals surface area (Å²) < 4.78 is 0. The van der Waals surface area contributed by atoms with Crippen molar-refractivity contribution >= 4 is 5.69 Å². The molecule has 106 valence electrons. The summed E-state index contributed by atoms with van der Waals surface area (Å²) >= 11 is 0. The van der Waals surface area contributed by atoms with Crippen molar-refractivity contribution in [3.63, 3.8) is 0 Å². The van der Waals surface area contributed by atoms with Crippen molar-refractivity contribution < 1.29 is 0 Å². The molecule has 1 rings (SSSR count). The molecular formula is C14H28N2O2. The predicted octanol–water partition coefficient (Wildman–Crippen LogP) is 1.69. The molecule has 0 aliphatic carbocycles. The summed E-state index contributed by atoms with van der Waals surface area (Å²) in [5.41, 5.74) is 0.517. The predicted molar refractivity (Wildman–Crippen MR) is 80.6 cm³/mol. The fourth-order valence-corrected chi connectivity index (χ4v) is 1.56. The molecule has 0 aliphatic heterocycles. The third kappa shape index (κ3) is 5.00. The van der Waals surface area contributed by atoms with E-state index in [1.165, 1.54) is 0 Å². The lowest BCUT2D eigenvalue weighted by atomic mass is 10.1. The summed E-state index contributed by atoms with van der Waals surface area (Å²) in [4.78, 5) is 24.0. The normalized spacial score (nSPS) is 9.06. The molecule has 18 heavy (non-hydrogen) atoms. The number of rotatable bonds is 5. The highest BCUT2D eigenvalue weighted by atomic mass is 16.2. The fourth-order valence-electron chi connectivity index (χ4n) is 1.56. The molecule has 0 unspecified atom stereocenters. The Hall–Kier alpha value is -1.16. The van der Waals surface area contributed by atoms with Crippen LogP contribution in [-0.2, 0) is 0 Å². The van der Waals surface area contributed by atoms with E-state index in [-0.39, 0.29) is 10.9 Å². The van der Waals surface area contributed by atoms with Gasteiger partial charge < -0.3 is 10.2 Å². The topological polar surface area (TPSA) is 49.4 Å². The van der Waals surface area contributed by atoms with Crippen molar-refractivity contribution in [3.05, 3.63) is 26.0 Å². The number of hydrogen-bond acceptors (Lipinski definition) is 4. The van der Waals surface area contributed by atoms with Gasteiger partial charge in [-0.1, -0.05) is 27.7 Å². The third-order valence-corrected chi connectivity index (χ3v) is 2.42. The van der Waals surface area contributed by atoms with Gasteiger partial charge in [0.2, 0.25) is 10.9 Å². The summed E-state index contributed by atoms with van der Waals surface area (Å²) in [5.74, 6) is 0. The highest BCUT2D eigenvalue weighted by molar-refractivity contribution is 5.57. The van der Waals surface area contributed by atoms with Crippen LogP contribution < -0.4 is 21.1 Å². The lowest BCUT2D eigenvalue weighted by Crippen LogP contribution is -2.41. The van der Waals surface area contributed by atoms with Crippen LogP contribution in [0, 0.1) is 6.92 Å². The van der Waals surface area contributed by atoms with E-state index < -0.39 is 0 Å². The van der Waals surface area contributed by atoms with Gasteiger partial charge in [-0.2, -0.15) is 0 Å². The Bertz CT molecular complexity index is 379. The molecule has 0 fully saturated rings. The molecule has 1 aromatic rings. The Morgan fingerprint density at radius 3 is 1.94 bits per heavy atom. The van der Waals surface area contributed by atoms with Gasteiger partial charge >= 0.3 is 0 Å². The van der Waals surface area contributed by atoms with Gasteiger partial charge in [0.15, 0.2) is 0 Å². The zero-order chi connectivity index (χ0) is 14.7. The molecule has 4 heteroatoms. The highest BCUT2D eigenvalue weighted by Crippen LogP contribution is 2.10. The lowest BCUT2D eigenvalue weighted by Gasteiger charge is -2.21. The van der Waals surface area contributed by atoms with Gasteiger partial charge in [0.1, 0.15) is 0 Å². The van der Waals surface area contributed by atoms with Crippen LogP contribution in [-0.4, -0.2) is 27.2 Å². The first-order chi connectivity index (χ1) is 8.59. The van der Waals surface area contributed by atoms with Gasteiger partial charge in [0, 0.05) is 19.2 Å². The molecule has 1 N–H and O–H groups in total. The lowest BCUT2D eigenvalue weighted by molar-refractivity contribution is 0.709. The first-order valence-corrected chi connectivity index (χ1v) is 6.75. The maximum atomic E-state index is 11.2. The van der Waals surface area contributed by atoms with E-state index in [1.807, 2.05) is 46.7 Å². The molecule has 0 saturated heterocycles. The van der Waals surface area contributed by atoms with E-state index in [1.54, 1.807) is 6.92 Å². The second-order valence-corrected chi connectivity index (χ2v) is 3.51. The molecule has 1 aromatic carbocycles. The van der Waals surface area contributed by atoms with Gasteiger partial charge in [0.25, 0.3) is 0 Å². The van der Waals surface area contributed by atoms with Crippen LogP contribution in [0.2, 0.25) is 0 Å². The Balaban J connectivity index is 0. The molecule has 0 amide bonds. The quantitative estimate of drug-likeness (QED) is 0.643. The van der Waals surface area contributed by atoms with Crippen LogP contribution >= 0.6 is 0 Å². The van der Waals surface area contributed by atoms with E-state index in [2.05, 4.69) is 5.32 Å². The molecule has 0 atom stereocenters. The minimum atomic E-state index is -0.338. The van der Waals surface area contributed by atoms with Crippen LogP contribution in [0.4, 0.5) is 5.69 Å². The van der Waals surface area contributed by atoms with E-state index in [0.717, 1.165) is 19.5 Å². The Kier molecular flexibility index (Phi) is 11.7. The van der Waals surface area contributed by atoms with E-state index in [9.17, 15) is 9.59 Å². The zero-order valence-electron chi connectivity index (χ0n) is 12.9. The van der Waals surface area contributed by atoms with Crippen LogP contribution in [0.1, 0.15) is 39.7 Å². The molecule has 4 nitrogen and oxygen atoms in total. The van der Waals surface area contributed by atoms with Crippen LogP contribution in [0.25, 0.3) is 0 Å². The molecule has 0 saturated carbocycles. The maximum Gasteiger partial charge on any atom is 0.249 e. The largest absolute Gasteiger partial charge is 0.371 e. The van der Waals surface area contributed by atoms with E-state index in [0.29, 0.717) is 11.3 Å². The van der Waals surface area contributed by atoms with Crippen molar-refractivity contribution in [3.8, 4) is 0 Å². The molecule has 0 spiro atoms. The van der Waals surface area contributed by atoms with Crippen molar-refractivity contribution in [1.82, 2.24) is 5.32 Å². The number of nitrogens with zero attached hydrogens (tertiary/aromatic N) is 1. The Labute approximate surface area is 111 Å². The zero-order valence-corrected chi connectivity index (χ0v) is 12.9. The molecule has 0 aliphatic rings. The number of nitrogens with one attached hydrogen (secondary N) is 1. The molecule has 0 aromatic heterocycles. The number of anilines is 1. The van der Waals surface area contributed by atoms with Gasteiger partial charge in [-0.05, 0) is 26.9 Å². The molecule has 0 radical (unpaired) electrons.